The molecule has 1 aliphatic rings. The van der Waals surface area contributed by atoms with Crippen molar-refractivity contribution in [2.24, 2.45) is 0 Å². The third-order valence-electron chi connectivity index (χ3n) is 4.57. The molecule has 3 heteroatoms. The van der Waals surface area contributed by atoms with Crippen LogP contribution >= 0.6 is 0 Å². The van der Waals surface area contributed by atoms with E-state index in [9.17, 15) is 10.1 Å². The summed E-state index contributed by atoms with van der Waals surface area (Å²) in [4.78, 5) is 12.5. The minimum atomic E-state index is -0.836. The number of carbonyl (C=O) groups is 1. The molecule has 1 N–H and O–H groups in total. The molecule has 2 atom stereocenters. The molecule has 116 valence electrons. The zero-order valence-corrected chi connectivity index (χ0v) is 13.3. The number of nitrogens with one attached hydrogen (secondary N) is 1. The highest BCUT2D eigenvalue weighted by Crippen LogP contribution is 2.35. The molecule has 0 heterocycles. The van der Waals surface area contributed by atoms with E-state index in [2.05, 4.69) is 17.5 Å². The van der Waals surface area contributed by atoms with Gasteiger partial charge in [-0.3, -0.25) is 4.79 Å². The van der Waals surface area contributed by atoms with Gasteiger partial charge in [0, 0.05) is 0 Å². The van der Waals surface area contributed by atoms with Crippen LogP contribution in [0.5, 0.6) is 0 Å². The minimum absolute atomic E-state index is 0.0409. The van der Waals surface area contributed by atoms with Crippen LogP contribution < -0.4 is 5.32 Å². The summed E-state index contributed by atoms with van der Waals surface area (Å²) < 4.78 is 0. The van der Waals surface area contributed by atoms with Crippen LogP contribution in [-0.4, -0.2) is 11.4 Å². The second kappa shape index (κ2) is 6.26. The first-order valence-corrected chi connectivity index (χ1v) is 7.96. The number of rotatable bonds is 5. The van der Waals surface area contributed by atoms with Gasteiger partial charge in [-0.15, -0.1) is 0 Å². The maximum Gasteiger partial charge on any atom is 0.229 e. The third-order valence-corrected chi connectivity index (χ3v) is 4.57. The lowest BCUT2D eigenvalue weighted by Crippen LogP contribution is -2.48. The molecule has 0 aromatic heterocycles. The first kappa shape index (κ1) is 15.3. The summed E-state index contributed by atoms with van der Waals surface area (Å²) in [5.74, 6) is -0.156. The molecule has 23 heavy (non-hydrogen) atoms. The molecule has 0 fully saturated rings. The zero-order chi connectivity index (χ0) is 16.3. The molecule has 1 amide bonds. The SMILES string of the molecule is C[C@@](C#N)(CCc1ccccc1)NC(=O)[C@H]1Cc2ccccc21. The predicted octanol–water partition coefficient (Wildman–Crippen LogP) is 3.36. The molecule has 0 bridgehead atoms. The smallest absolute Gasteiger partial charge is 0.229 e. The third kappa shape index (κ3) is 3.27. The Kier molecular flexibility index (Phi) is 4.16. The van der Waals surface area contributed by atoms with Crippen LogP contribution in [0, 0.1) is 11.3 Å². The van der Waals surface area contributed by atoms with Crippen molar-refractivity contribution in [3.63, 3.8) is 0 Å². The van der Waals surface area contributed by atoms with Crippen LogP contribution in [0.25, 0.3) is 0 Å². The molecule has 0 saturated carbocycles. The summed E-state index contributed by atoms with van der Waals surface area (Å²) >= 11 is 0. The number of carbonyl (C=O) groups excluding carboxylic acids is 1. The largest absolute Gasteiger partial charge is 0.338 e. The Labute approximate surface area is 137 Å². The number of nitriles is 1. The van der Waals surface area contributed by atoms with Crippen LogP contribution in [0.1, 0.15) is 36.0 Å². The number of nitrogens with zero attached hydrogens (tertiary/aromatic N) is 1. The van der Waals surface area contributed by atoms with E-state index in [0.29, 0.717) is 6.42 Å². The summed E-state index contributed by atoms with van der Waals surface area (Å²) in [5, 5.41) is 12.5. The summed E-state index contributed by atoms with van der Waals surface area (Å²) in [7, 11) is 0. The first-order chi connectivity index (χ1) is 11.1. The van der Waals surface area contributed by atoms with Gasteiger partial charge in [-0.05, 0) is 42.9 Å². The average Bonchev–Trinajstić information content (AvgIpc) is 2.55. The van der Waals surface area contributed by atoms with Crippen molar-refractivity contribution in [1.29, 1.82) is 5.26 Å². The van der Waals surface area contributed by atoms with Crippen LogP contribution in [0.3, 0.4) is 0 Å². The van der Waals surface area contributed by atoms with E-state index < -0.39 is 5.54 Å². The van der Waals surface area contributed by atoms with E-state index in [-0.39, 0.29) is 11.8 Å². The lowest BCUT2D eigenvalue weighted by atomic mass is 9.76. The number of benzene rings is 2. The summed E-state index contributed by atoms with van der Waals surface area (Å²) in [6.45, 7) is 1.80. The lowest BCUT2D eigenvalue weighted by molar-refractivity contribution is -0.124. The monoisotopic (exact) mass is 304 g/mol. The van der Waals surface area contributed by atoms with E-state index >= 15 is 0 Å². The lowest BCUT2D eigenvalue weighted by Gasteiger charge is -2.32. The first-order valence-electron chi connectivity index (χ1n) is 7.96. The number of hydrogen-bond acceptors (Lipinski definition) is 2. The second-order valence-electron chi connectivity index (χ2n) is 6.37. The fourth-order valence-electron chi connectivity index (χ4n) is 3.04. The van der Waals surface area contributed by atoms with Gasteiger partial charge in [-0.2, -0.15) is 5.26 Å². The van der Waals surface area contributed by atoms with Crippen molar-refractivity contribution < 1.29 is 4.79 Å². The molecule has 2 aromatic rings. The summed E-state index contributed by atoms with van der Waals surface area (Å²) in [6, 6.07) is 20.3. The Bertz CT molecular complexity index is 748. The van der Waals surface area contributed by atoms with Crippen molar-refractivity contribution in [3.8, 4) is 6.07 Å². The molecule has 3 nitrogen and oxygen atoms in total. The fourth-order valence-corrected chi connectivity index (χ4v) is 3.04. The molecule has 1 aliphatic carbocycles. The Morgan fingerprint density at radius 3 is 2.61 bits per heavy atom. The normalized spacial score (nSPS) is 18.0. The molecular weight excluding hydrogens is 284 g/mol. The van der Waals surface area contributed by atoms with Gasteiger partial charge >= 0.3 is 0 Å². The van der Waals surface area contributed by atoms with Gasteiger partial charge in [-0.1, -0.05) is 54.6 Å². The van der Waals surface area contributed by atoms with Gasteiger partial charge in [-0.25, -0.2) is 0 Å². The fraction of sp³-hybridized carbons (Fsp3) is 0.300. The van der Waals surface area contributed by atoms with Crippen molar-refractivity contribution in [2.75, 3.05) is 0 Å². The van der Waals surface area contributed by atoms with Crippen molar-refractivity contribution in [2.45, 2.75) is 37.6 Å². The molecule has 2 aromatic carbocycles. The molecular formula is C20H20N2O. The number of fused-ring (bicyclic) bond motifs is 1. The van der Waals surface area contributed by atoms with Crippen molar-refractivity contribution >= 4 is 5.91 Å². The maximum atomic E-state index is 12.5. The number of aryl methyl sites for hydroxylation is 1. The standard InChI is InChI=1S/C20H20N2O/c1-20(14-21,12-11-15-7-3-2-4-8-15)22-19(23)18-13-16-9-5-6-10-17(16)18/h2-10,18H,11-13H2,1H3,(H,22,23)/t18-,20-/m0/s1. The number of amides is 1. The highest BCUT2D eigenvalue weighted by molar-refractivity contribution is 5.87. The van der Waals surface area contributed by atoms with Crippen LogP contribution in [0.2, 0.25) is 0 Å². The second-order valence-corrected chi connectivity index (χ2v) is 6.37. The molecule has 0 saturated heterocycles. The topological polar surface area (TPSA) is 52.9 Å². The molecule has 0 unspecified atom stereocenters. The Morgan fingerprint density at radius 2 is 1.91 bits per heavy atom. The van der Waals surface area contributed by atoms with E-state index in [1.54, 1.807) is 6.92 Å². The van der Waals surface area contributed by atoms with E-state index in [0.717, 1.165) is 18.4 Å². The van der Waals surface area contributed by atoms with Gasteiger partial charge in [0.25, 0.3) is 0 Å². The zero-order valence-electron chi connectivity index (χ0n) is 13.3. The molecule has 3 rings (SSSR count). The molecule has 0 aliphatic heterocycles. The van der Waals surface area contributed by atoms with Gasteiger partial charge in [0.1, 0.15) is 5.54 Å². The summed E-state index contributed by atoms with van der Waals surface area (Å²) in [5.41, 5.74) is 2.67. The van der Waals surface area contributed by atoms with E-state index in [1.165, 1.54) is 11.1 Å². The minimum Gasteiger partial charge on any atom is -0.338 e. The van der Waals surface area contributed by atoms with Crippen LogP contribution in [0.4, 0.5) is 0 Å². The Hall–Kier alpha value is -2.60. The average molecular weight is 304 g/mol. The highest BCUT2D eigenvalue weighted by Gasteiger charge is 2.35. The maximum absolute atomic E-state index is 12.5. The Morgan fingerprint density at radius 1 is 1.22 bits per heavy atom. The molecule has 0 radical (unpaired) electrons. The van der Waals surface area contributed by atoms with Crippen molar-refractivity contribution in [1.82, 2.24) is 5.32 Å². The van der Waals surface area contributed by atoms with E-state index in [1.807, 2.05) is 48.5 Å². The van der Waals surface area contributed by atoms with Gasteiger partial charge in [0.2, 0.25) is 5.91 Å². The van der Waals surface area contributed by atoms with Gasteiger partial charge < -0.3 is 5.32 Å². The van der Waals surface area contributed by atoms with Crippen LogP contribution in [0.15, 0.2) is 54.6 Å². The van der Waals surface area contributed by atoms with Crippen LogP contribution in [-0.2, 0) is 17.6 Å². The number of hydrogen-bond donors (Lipinski definition) is 1. The van der Waals surface area contributed by atoms with E-state index in [4.69, 9.17) is 0 Å². The van der Waals surface area contributed by atoms with Gasteiger partial charge in [0.15, 0.2) is 0 Å². The Balaban J connectivity index is 1.63. The predicted molar refractivity (Wildman–Crippen MR) is 89.8 cm³/mol. The molecule has 0 spiro atoms. The van der Waals surface area contributed by atoms with Crippen molar-refractivity contribution in [3.05, 3.63) is 71.3 Å². The summed E-state index contributed by atoms with van der Waals surface area (Å²) in [6.07, 6.45) is 2.14. The quantitative estimate of drug-likeness (QED) is 0.921. The van der Waals surface area contributed by atoms with Gasteiger partial charge in [0.05, 0.1) is 12.0 Å². The highest BCUT2D eigenvalue weighted by atomic mass is 16.2.